The zero-order valence-corrected chi connectivity index (χ0v) is 11.9. The quantitative estimate of drug-likeness (QED) is 0.908. The molecule has 1 aromatic carbocycles. The molecule has 4 nitrogen and oxygen atoms in total. The molecular formula is C16H20N2O2. The third kappa shape index (κ3) is 2.65. The Balaban J connectivity index is 1.62. The van der Waals surface area contributed by atoms with Crippen molar-refractivity contribution < 1.29 is 9.47 Å². The zero-order valence-electron chi connectivity index (χ0n) is 11.9. The van der Waals surface area contributed by atoms with Gasteiger partial charge in [-0.05, 0) is 43.2 Å². The first-order chi connectivity index (χ1) is 9.76. The first-order valence-electron chi connectivity index (χ1n) is 7.04. The molecule has 0 radical (unpaired) electrons. The van der Waals surface area contributed by atoms with Gasteiger partial charge in [-0.1, -0.05) is 6.07 Å². The summed E-state index contributed by atoms with van der Waals surface area (Å²) in [6, 6.07) is 8.54. The number of hydrogen-bond donors (Lipinski definition) is 1. The monoisotopic (exact) mass is 272 g/mol. The Hall–Kier alpha value is -1.94. The van der Waals surface area contributed by atoms with Crippen molar-refractivity contribution in [2.75, 3.05) is 6.79 Å². The molecule has 1 aliphatic heterocycles. The van der Waals surface area contributed by atoms with Crippen LogP contribution in [-0.4, -0.2) is 11.4 Å². The van der Waals surface area contributed by atoms with E-state index < -0.39 is 0 Å². The summed E-state index contributed by atoms with van der Waals surface area (Å²) in [5.41, 5.74) is 2.52. The van der Waals surface area contributed by atoms with E-state index in [1.165, 1.54) is 11.1 Å². The summed E-state index contributed by atoms with van der Waals surface area (Å²) in [6.07, 6.45) is 4.29. The molecule has 0 fully saturated rings. The van der Waals surface area contributed by atoms with E-state index in [4.69, 9.17) is 9.47 Å². The van der Waals surface area contributed by atoms with Gasteiger partial charge >= 0.3 is 0 Å². The van der Waals surface area contributed by atoms with E-state index in [2.05, 4.69) is 54.3 Å². The number of nitrogens with zero attached hydrogens (tertiary/aromatic N) is 1. The maximum absolute atomic E-state index is 5.42. The van der Waals surface area contributed by atoms with Gasteiger partial charge in [0.1, 0.15) is 0 Å². The molecule has 106 valence electrons. The summed E-state index contributed by atoms with van der Waals surface area (Å²) in [5, 5.41) is 3.53. The topological polar surface area (TPSA) is 35.4 Å². The summed E-state index contributed by atoms with van der Waals surface area (Å²) >= 11 is 0. The van der Waals surface area contributed by atoms with Crippen molar-refractivity contribution in [1.82, 2.24) is 9.88 Å². The lowest BCUT2D eigenvalue weighted by molar-refractivity contribution is 0.174. The lowest BCUT2D eigenvalue weighted by atomic mass is 10.1. The van der Waals surface area contributed by atoms with E-state index in [9.17, 15) is 0 Å². The number of nitrogens with one attached hydrogen (secondary N) is 1. The minimum Gasteiger partial charge on any atom is -0.454 e. The number of aryl methyl sites for hydroxylation is 1. The number of rotatable bonds is 5. The van der Waals surface area contributed by atoms with E-state index >= 15 is 0 Å². The van der Waals surface area contributed by atoms with Crippen LogP contribution < -0.4 is 14.8 Å². The molecule has 1 aliphatic rings. The molecule has 4 heteroatoms. The predicted molar refractivity (Wildman–Crippen MR) is 77.9 cm³/mol. The summed E-state index contributed by atoms with van der Waals surface area (Å²) in [4.78, 5) is 0. The molecule has 3 rings (SSSR count). The third-order valence-corrected chi connectivity index (χ3v) is 3.69. The van der Waals surface area contributed by atoms with E-state index in [1.54, 1.807) is 0 Å². The van der Waals surface area contributed by atoms with E-state index in [1.807, 2.05) is 6.07 Å². The van der Waals surface area contributed by atoms with Crippen LogP contribution >= 0.6 is 0 Å². The van der Waals surface area contributed by atoms with Crippen LogP contribution in [0.15, 0.2) is 36.7 Å². The summed E-state index contributed by atoms with van der Waals surface area (Å²) in [6.45, 7) is 6.51. The molecule has 1 atom stereocenters. The van der Waals surface area contributed by atoms with Gasteiger partial charge in [0.05, 0.1) is 0 Å². The van der Waals surface area contributed by atoms with Gasteiger partial charge in [0.15, 0.2) is 11.5 Å². The second-order valence-electron chi connectivity index (χ2n) is 5.07. The molecule has 0 amide bonds. The number of hydrogen-bond acceptors (Lipinski definition) is 3. The van der Waals surface area contributed by atoms with Gasteiger partial charge in [0.2, 0.25) is 6.79 Å². The van der Waals surface area contributed by atoms with Crippen molar-refractivity contribution in [3.8, 4) is 11.5 Å². The second-order valence-corrected chi connectivity index (χ2v) is 5.07. The molecule has 0 saturated heterocycles. The minimum atomic E-state index is 0.273. The normalized spacial score (nSPS) is 14.5. The first kappa shape index (κ1) is 13.1. The SMILES string of the molecule is CCn1ccc(CNC(C)c2ccc3c(c2)OCO3)c1. The molecule has 2 heterocycles. The van der Waals surface area contributed by atoms with Gasteiger partial charge in [0, 0.05) is 31.5 Å². The Bertz CT molecular complexity index is 592. The van der Waals surface area contributed by atoms with Crippen LogP contribution in [0.3, 0.4) is 0 Å². The summed E-state index contributed by atoms with van der Waals surface area (Å²) < 4.78 is 12.9. The number of ether oxygens (including phenoxy) is 2. The first-order valence-corrected chi connectivity index (χ1v) is 7.04. The fraction of sp³-hybridized carbons (Fsp3) is 0.375. The molecule has 0 spiro atoms. The Morgan fingerprint density at radius 2 is 2.10 bits per heavy atom. The molecule has 0 aliphatic carbocycles. The van der Waals surface area contributed by atoms with Gasteiger partial charge in [-0.3, -0.25) is 0 Å². The summed E-state index contributed by atoms with van der Waals surface area (Å²) in [7, 11) is 0. The van der Waals surface area contributed by atoms with Crippen molar-refractivity contribution in [2.24, 2.45) is 0 Å². The third-order valence-electron chi connectivity index (χ3n) is 3.69. The molecule has 1 unspecified atom stereocenters. The minimum absolute atomic E-state index is 0.273. The van der Waals surface area contributed by atoms with E-state index in [0.717, 1.165) is 24.6 Å². The second kappa shape index (κ2) is 5.59. The molecule has 20 heavy (non-hydrogen) atoms. The van der Waals surface area contributed by atoms with Crippen molar-refractivity contribution in [1.29, 1.82) is 0 Å². The molecule has 0 bridgehead atoms. The fourth-order valence-electron chi connectivity index (χ4n) is 2.36. The largest absolute Gasteiger partial charge is 0.454 e. The van der Waals surface area contributed by atoms with Crippen LogP contribution in [0.1, 0.15) is 31.0 Å². The van der Waals surface area contributed by atoms with Crippen LogP contribution in [-0.2, 0) is 13.1 Å². The Kier molecular flexibility index (Phi) is 3.65. The fourth-order valence-corrected chi connectivity index (χ4v) is 2.36. The highest BCUT2D eigenvalue weighted by Crippen LogP contribution is 2.34. The smallest absolute Gasteiger partial charge is 0.231 e. The average molecular weight is 272 g/mol. The highest BCUT2D eigenvalue weighted by atomic mass is 16.7. The molecule has 1 N–H and O–H groups in total. The van der Waals surface area contributed by atoms with Crippen molar-refractivity contribution in [3.05, 3.63) is 47.8 Å². The molecular weight excluding hydrogens is 252 g/mol. The Morgan fingerprint density at radius 3 is 2.90 bits per heavy atom. The van der Waals surface area contributed by atoms with Crippen LogP contribution in [0.2, 0.25) is 0 Å². The predicted octanol–water partition coefficient (Wildman–Crippen LogP) is 3.09. The van der Waals surface area contributed by atoms with Crippen LogP contribution in [0, 0.1) is 0 Å². The highest BCUT2D eigenvalue weighted by molar-refractivity contribution is 5.45. The van der Waals surface area contributed by atoms with Gasteiger partial charge in [-0.15, -0.1) is 0 Å². The average Bonchev–Trinajstić information content (AvgIpc) is 3.12. The van der Waals surface area contributed by atoms with E-state index in [-0.39, 0.29) is 6.04 Å². The standard InChI is InChI=1S/C16H20N2O2/c1-3-18-7-6-13(10-18)9-17-12(2)14-4-5-15-16(8-14)20-11-19-15/h4-8,10,12,17H,3,9,11H2,1-2H3. The zero-order chi connectivity index (χ0) is 13.9. The van der Waals surface area contributed by atoms with Crippen LogP contribution in [0.5, 0.6) is 11.5 Å². The van der Waals surface area contributed by atoms with Crippen molar-refractivity contribution in [2.45, 2.75) is 33.0 Å². The van der Waals surface area contributed by atoms with Crippen LogP contribution in [0.4, 0.5) is 0 Å². The van der Waals surface area contributed by atoms with Crippen molar-refractivity contribution in [3.63, 3.8) is 0 Å². The Morgan fingerprint density at radius 1 is 1.25 bits per heavy atom. The maximum atomic E-state index is 5.42. The van der Waals surface area contributed by atoms with E-state index in [0.29, 0.717) is 6.79 Å². The number of aromatic nitrogens is 1. The van der Waals surface area contributed by atoms with Crippen molar-refractivity contribution >= 4 is 0 Å². The highest BCUT2D eigenvalue weighted by Gasteiger charge is 2.15. The number of benzene rings is 1. The molecule has 2 aromatic rings. The lowest BCUT2D eigenvalue weighted by Gasteiger charge is -2.14. The Labute approximate surface area is 119 Å². The summed E-state index contributed by atoms with van der Waals surface area (Å²) in [5.74, 6) is 1.68. The van der Waals surface area contributed by atoms with Gasteiger partial charge in [0.25, 0.3) is 0 Å². The van der Waals surface area contributed by atoms with Crippen LogP contribution in [0.25, 0.3) is 0 Å². The lowest BCUT2D eigenvalue weighted by Crippen LogP contribution is -2.17. The maximum Gasteiger partial charge on any atom is 0.231 e. The number of fused-ring (bicyclic) bond motifs is 1. The van der Waals surface area contributed by atoms with Gasteiger partial charge in [-0.2, -0.15) is 0 Å². The van der Waals surface area contributed by atoms with Gasteiger partial charge < -0.3 is 19.4 Å². The molecule has 1 aromatic heterocycles. The molecule has 0 saturated carbocycles. The van der Waals surface area contributed by atoms with Gasteiger partial charge in [-0.25, -0.2) is 0 Å².